The molecule has 0 amide bonds. The molecule has 2 rings (SSSR count). The molecular formula is C14H16F3N5O4S. The highest BCUT2D eigenvalue weighted by Crippen LogP contribution is 2.29. The molecule has 0 saturated carbocycles. The zero-order valence-corrected chi connectivity index (χ0v) is 14.6. The number of rotatable bonds is 7. The predicted molar refractivity (Wildman–Crippen MR) is 90.7 cm³/mol. The van der Waals surface area contributed by atoms with Gasteiger partial charge in [0.2, 0.25) is 5.95 Å². The molecule has 27 heavy (non-hydrogen) atoms. The minimum atomic E-state index is -4.71. The molecule has 0 aliphatic heterocycles. The number of hydrazine groups is 1. The Morgan fingerprint density at radius 3 is 2.30 bits per heavy atom. The molecule has 0 fully saturated rings. The molecule has 0 spiro atoms. The molecule has 0 saturated heterocycles. The number of halogens is 3. The monoisotopic (exact) mass is 407 g/mol. The van der Waals surface area contributed by atoms with E-state index in [1.807, 2.05) is 0 Å². The van der Waals surface area contributed by atoms with Crippen molar-refractivity contribution in [1.29, 1.82) is 0 Å². The molecule has 1 heterocycles. The van der Waals surface area contributed by atoms with Crippen LogP contribution in [0.2, 0.25) is 0 Å². The highest BCUT2D eigenvalue weighted by Gasteiger charge is 2.34. The van der Waals surface area contributed by atoms with Crippen LogP contribution >= 0.6 is 0 Å². The zero-order valence-electron chi connectivity index (χ0n) is 13.8. The second kappa shape index (κ2) is 7.94. The fourth-order valence-corrected chi connectivity index (χ4v) is 2.31. The van der Waals surface area contributed by atoms with Gasteiger partial charge < -0.3 is 10.4 Å². The average molecular weight is 407 g/mol. The van der Waals surface area contributed by atoms with Gasteiger partial charge in [0.25, 0.3) is 10.1 Å². The topological polar surface area (TPSA) is 136 Å². The van der Waals surface area contributed by atoms with Crippen LogP contribution in [0.3, 0.4) is 0 Å². The van der Waals surface area contributed by atoms with Gasteiger partial charge in [0.15, 0.2) is 11.5 Å². The van der Waals surface area contributed by atoms with Gasteiger partial charge >= 0.3 is 6.18 Å². The van der Waals surface area contributed by atoms with Gasteiger partial charge in [-0.15, -0.1) is 0 Å². The molecule has 2 aromatic rings. The molecule has 1 atom stereocenters. The van der Waals surface area contributed by atoms with Crippen molar-refractivity contribution in [3.8, 4) is 0 Å². The summed E-state index contributed by atoms with van der Waals surface area (Å²) in [6.07, 6.45) is -4.71. The lowest BCUT2D eigenvalue weighted by molar-refractivity contribution is -0.141. The molecule has 0 unspecified atom stereocenters. The van der Waals surface area contributed by atoms with Crippen molar-refractivity contribution in [3.63, 3.8) is 0 Å². The van der Waals surface area contributed by atoms with Crippen LogP contribution < -0.4 is 16.2 Å². The standard InChI is InChI=1S/C14H16F3N5O4S/c1-8(7-23)18-13-19-11(14(15,16)17)6-12(20-13)22-21-9-2-4-10(5-3-9)27(24,25)26/h2-6,8,21,23H,7H2,1H3,(H,24,25,26)(H2,18,19,20,22)/t8-/m0/s1. The average Bonchev–Trinajstić information content (AvgIpc) is 2.58. The first-order valence-corrected chi connectivity index (χ1v) is 8.86. The maximum atomic E-state index is 13.0. The van der Waals surface area contributed by atoms with Crippen LogP contribution in [0, 0.1) is 0 Å². The number of aliphatic hydroxyl groups is 1. The van der Waals surface area contributed by atoms with Gasteiger partial charge in [-0.1, -0.05) is 0 Å². The molecule has 13 heteroatoms. The zero-order chi connectivity index (χ0) is 20.2. The number of nitrogens with zero attached hydrogens (tertiary/aromatic N) is 2. The predicted octanol–water partition coefficient (Wildman–Crippen LogP) is 1.97. The van der Waals surface area contributed by atoms with E-state index in [2.05, 4.69) is 26.1 Å². The third-order valence-electron chi connectivity index (χ3n) is 3.15. The van der Waals surface area contributed by atoms with Crippen LogP contribution in [0.15, 0.2) is 35.2 Å². The van der Waals surface area contributed by atoms with Gasteiger partial charge in [0.05, 0.1) is 17.2 Å². The van der Waals surface area contributed by atoms with Crippen LogP contribution in [-0.2, 0) is 16.3 Å². The number of anilines is 3. The molecule has 0 bridgehead atoms. The SMILES string of the molecule is C[C@@H](CO)Nc1nc(NNc2ccc(S(=O)(=O)O)cc2)cc(C(F)(F)F)n1. The number of aromatic nitrogens is 2. The second-order valence-corrected chi connectivity index (χ2v) is 6.86. The van der Waals surface area contributed by atoms with Crippen molar-refractivity contribution in [3.05, 3.63) is 36.0 Å². The Kier molecular flexibility index (Phi) is 6.08. The third-order valence-corrected chi connectivity index (χ3v) is 4.02. The first-order chi connectivity index (χ1) is 12.5. The quantitative estimate of drug-likeness (QED) is 0.345. The number of hydrogen-bond donors (Lipinski definition) is 5. The summed E-state index contributed by atoms with van der Waals surface area (Å²) in [5.74, 6) is -0.554. The molecule has 148 valence electrons. The number of hydrogen-bond acceptors (Lipinski definition) is 8. The molecule has 1 aromatic carbocycles. The summed E-state index contributed by atoms with van der Waals surface area (Å²) in [6.45, 7) is 1.20. The smallest absolute Gasteiger partial charge is 0.394 e. The Balaban J connectivity index is 2.20. The lowest BCUT2D eigenvalue weighted by atomic mass is 10.3. The van der Waals surface area contributed by atoms with E-state index >= 15 is 0 Å². The minimum Gasteiger partial charge on any atom is -0.394 e. The molecule has 1 aromatic heterocycles. The van der Waals surface area contributed by atoms with Gasteiger partial charge in [-0.25, -0.2) is 4.98 Å². The van der Waals surface area contributed by atoms with Crippen LogP contribution in [0.25, 0.3) is 0 Å². The summed E-state index contributed by atoms with van der Waals surface area (Å²) in [6, 6.07) is 4.90. The summed E-state index contributed by atoms with van der Waals surface area (Å²) >= 11 is 0. The Labute approximate surface area is 152 Å². The summed E-state index contributed by atoms with van der Waals surface area (Å²) in [5.41, 5.74) is 4.10. The molecule has 0 aliphatic rings. The maximum absolute atomic E-state index is 13.0. The molecule has 0 aliphatic carbocycles. The van der Waals surface area contributed by atoms with Crippen LogP contribution in [0.4, 0.5) is 30.6 Å². The highest BCUT2D eigenvalue weighted by atomic mass is 32.2. The van der Waals surface area contributed by atoms with E-state index in [4.69, 9.17) is 9.66 Å². The Hall–Kier alpha value is -2.64. The van der Waals surface area contributed by atoms with E-state index in [1.54, 1.807) is 0 Å². The van der Waals surface area contributed by atoms with Gasteiger partial charge in [0, 0.05) is 12.1 Å². The van der Waals surface area contributed by atoms with E-state index in [9.17, 15) is 21.6 Å². The molecular weight excluding hydrogens is 391 g/mol. The summed E-state index contributed by atoms with van der Waals surface area (Å²) in [5, 5.41) is 11.5. The first-order valence-electron chi connectivity index (χ1n) is 7.42. The van der Waals surface area contributed by atoms with Crippen molar-refractivity contribution < 1.29 is 31.2 Å². The summed E-state index contributed by atoms with van der Waals surface area (Å²) in [4.78, 5) is 6.90. The normalized spacial score (nSPS) is 13.1. The molecule has 9 nitrogen and oxygen atoms in total. The largest absolute Gasteiger partial charge is 0.433 e. The first kappa shape index (κ1) is 20.7. The van der Waals surface area contributed by atoms with E-state index in [0.717, 1.165) is 12.1 Å². The van der Waals surface area contributed by atoms with Crippen molar-refractivity contribution in [1.82, 2.24) is 9.97 Å². The van der Waals surface area contributed by atoms with Crippen molar-refractivity contribution >= 4 is 27.6 Å². The van der Waals surface area contributed by atoms with Gasteiger partial charge in [-0.3, -0.25) is 15.4 Å². The van der Waals surface area contributed by atoms with Crippen molar-refractivity contribution in [2.75, 3.05) is 22.8 Å². The Morgan fingerprint density at radius 2 is 1.78 bits per heavy atom. The van der Waals surface area contributed by atoms with Crippen molar-refractivity contribution in [2.24, 2.45) is 0 Å². The highest BCUT2D eigenvalue weighted by molar-refractivity contribution is 7.85. The maximum Gasteiger partial charge on any atom is 0.433 e. The number of benzene rings is 1. The lowest BCUT2D eigenvalue weighted by Gasteiger charge is -2.15. The van der Waals surface area contributed by atoms with Crippen LogP contribution in [0.1, 0.15) is 12.6 Å². The summed E-state index contributed by atoms with van der Waals surface area (Å²) in [7, 11) is -4.35. The van der Waals surface area contributed by atoms with Crippen molar-refractivity contribution in [2.45, 2.75) is 24.0 Å². The van der Waals surface area contributed by atoms with E-state index in [-0.39, 0.29) is 23.3 Å². The van der Waals surface area contributed by atoms with Gasteiger partial charge in [-0.2, -0.15) is 26.6 Å². The Bertz CT molecular complexity index is 891. The van der Waals surface area contributed by atoms with E-state index < -0.39 is 28.0 Å². The second-order valence-electron chi connectivity index (χ2n) is 5.44. The minimum absolute atomic E-state index is 0.219. The van der Waals surface area contributed by atoms with Crippen LogP contribution in [-0.4, -0.2) is 40.7 Å². The molecule has 0 radical (unpaired) electrons. The molecule has 5 N–H and O–H groups in total. The number of aliphatic hydroxyl groups excluding tert-OH is 1. The fourth-order valence-electron chi connectivity index (χ4n) is 1.83. The Morgan fingerprint density at radius 1 is 1.15 bits per heavy atom. The lowest BCUT2D eigenvalue weighted by Crippen LogP contribution is -2.23. The fraction of sp³-hybridized carbons (Fsp3) is 0.286. The van der Waals surface area contributed by atoms with Crippen LogP contribution in [0.5, 0.6) is 0 Å². The number of nitrogens with one attached hydrogen (secondary N) is 3. The van der Waals surface area contributed by atoms with E-state index in [0.29, 0.717) is 11.8 Å². The summed E-state index contributed by atoms with van der Waals surface area (Å²) < 4.78 is 69.8. The van der Waals surface area contributed by atoms with E-state index in [1.165, 1.54) is 19.1 Å². The van der Waals surface area contributed by atoms with Gasteiger partial charge in [-0.05, 0) is 31.2 Å². The number of alkyl halides is 3. The van der Waals surface area contributed by atoms with Gasteiger partial charge in [0.1, 0.15) is 0 Å². The third kappa shape index (κ3) is 5.94.